The summed E-state index contributed by atoms with van der Waals surface area (Å²) in [5, 5.41) is 5.40. The van der Waals surface area contributed by atoms with E-state index in [0.29, 0.717) is 29.2 Å². The predicted octanol–water partition coefficient (Wildman–Crippen LogP) is 3.73. The first kappa shape index (κ1) is 21.1. The summed E-state index contributed by atoms with van der Waals surface area (Å²) in [4.78, 5) is 28.7. The standard InChI is InChI=1S/C23H25N3O4/c1-15-5-7-16(8-6-15)12-23(2,3)26-22(28)21(27)25-17-9-10-18(19(11-17)29-4)20-13-24-14-30-20/h5-11,13-14H,12H2,1-4H3,(H,25,27)(H,26,28). The Bertz CT molecular complexity index is 1030. The van der Waals surface area contributed by atoms with Crippen molar-refractivity contribution in [2.75, 3.05) is 12.4 Å². The van der Waals surface area contributed by atoms with Crippen LogP contribution in [0.15, 0.2) is 59.5 Å². The number of carbonyl (C=O) groups is 2. The van der Waals surface area contributed by atoms with Crippen molar-refractivity contribution in [3.63, 3.8) is 0 Å². The van der Waals surface area contributed by atoms with Crippen LogP contribution < -0.4 is 15.4 Å². The van der Waals surface area contributed by atoms with Crippen LogP contribution >= 0.6 is 0 Å². The molecule has 0 fully saturated rings. The number of nitrogens with zero attached hydrogens (tertiary/aromatic N) is 1. The number of hydrogen-bond donors (Lipinski definition) is 2. The predicted molar refractivity (Wildman–Crippen MR) is 114 cm³/mol. The van der Waals surface area contributed by atoms with Gasteiger partial charge in [0.15, 0.2) is 12.2 Å². The second-order valence-corrected chi connectivity index (χ2v) is 7.74. The lowest BCUT2D eigenvalue weighted by atomic mass is 9.94. The Labute approximate surface area is 175 Å². The molecule has 30 heavy (non-hydrogen) atoms. The van der Waals surface area contributed by atoms with Gasteiger partial charge in [-0.1, -0.05) is 29.8 Å². The summed E-state index contributed by atoms with van der Waals surface area (Å²) in [6, 6.07) is 13.1. The van der Waals surface area contributed by atoms with Gasteiger partial charge in [-0.15, -0.1) is 0 Å². The topological polar surface area (TPSA) is 93.5 Å². The number of methoxy groups -OCH3 is 1. The van der Waals surface area contributed by atoms with E-state index in [-0.39, 0.29) is 0 Å². The zero-order chi connectivity index (χ0) is 21.7. The third kappa shape index (κ3) is 5.26. The first-order valence-corrected chi connectivity index (χ1v) is 9.53. The Hall–Kier alpha value is -3.61. The van der Waals surface area contributed by atoms with E-state index in [0.717, 1.165) is 5.56 Å². The van der Waals surface area contributed by atoms with Gasteiger partial charge in [-0.2, -0.15) is 0 Å². The van der Waals surface area contributed by atoms with Crippen LogP contribution in [0.5, 0.6) is 5.75 Å². The summed E-state index contributed by atoms with van der Waals surface area (Å²) < 4.78 is 10.7. The summed E-state index contributed by atoms with van der Waals surface area (Å²) in [5.74, 6) is -0.420. The molecule has 2 amide bonds. The van der Waals surface area contributed by atoms with Gasteiger partial charge >= 0.3 is 11.8 Å². The van der Waals surface area contributed by atoms with Crippen molar-refractivity contribution >= 4 is 17.5 Å². The lowest BCUT2D eigenvalue weighted by Crippen LogP contribution is -2.49. The fourth-order valence-corrected chi connectivity index (χ4v) is 3.13. The molecule has 0 bridgehead atoms. The van der Waals surface area contributed by atoms with E-state index < -0.39 is 17.4 Å². The highest BCUT2D eigenvalue weighted by Crippen LogP contribution is 2.32. The molecule has 1 aromatic heterocycles. The zero-order valence-electron chi connectivity index (χ0n) is 17.5. The highest BCUT2D eigenvalue weighted by atomic mass is 16.5. The van der Waals surface area contributed by atoms with Crippen molar-refractivity contribution in [1.82, 2.24) is 10.3 Å². The van der Waals surface area contributed by atoms with E-state index in [2.05, 4.69) is 15.6 Å². The normalized spacial score (nSPS) is 11.1. The van der Waals surface area contributed by atoms with Crippen molar-refractivity contribution in [1.29, 1.82) is 0 Å². The molecule has 0 atom stereocenters. The molecule has 156 valence electrons. The minimum absolute atomic E-state index is 0.437. The van der Waals surface area contributed by atoms with Crippen LogP contribution in [0.4, 0.5) is 5.69 Å². The van der Waals surface area contributed by atoms with Gasteiger partial charge in [-0.3, -0.25) is 9.59 Å². The minimum Gasteiger partial charge on any atom is -0.496 e. The molecule has 2 N–H and O–H groups in total. The molecule has 2 aromatic carbocycles. The molecule has 0 unspecified atom stereocenters. The van der Waals surface area contributed by atoms with Crippen molar-refractivity contribution < 1.29 is 18.7 Å². The summed E-state index contributed by atoms with van der Waals surface area (Å²) in [6.45, 7) is 5.79. The van der Waals surface area contributed by atoms with Crippen molar-refractivity contribution in [3.05, 3.63) is 66.2 Å². The highest BCUT2D eigenvalue weighted by Gasteiger charge is 2.25. The molecular weight excluding hydrogens is 382 g/mol. The van der Waals surface area contributed by atoms with E-state index in [1.807, 2.05) is 45.0 Å². The second-order valence-electron chi connectivity index (χ2n) is 7.74. The molecular formula is C23H25N3O4. The second kappa shape index (κ2) is 8.82. The number of ether oxygens (including phenoxy) is 1. The first-order valence-electron chi connectivity index (χ1n) is 9.53. The quantitative estimate of drug-likeness (QED) is 0.607. The Kier molecular flexibility index (Phi) is 6.20. The number of nitrogens with one attached hydrogen (secondary N) is 2. The number of carbonyl (C=O) groups excluding carboxylic acids is 2. The molecule has 0 radical (unpaired) electrons. The van der Waals surface area contributed by atoms with Crippen LogP contribution in [0.2, 0.25) is 0 Å². The third-order valence-electron chi connectivity index (χ3n) is 4.58. The molecule has 7 nitrogen and oxygen atoms in total. The fraction of sp³-hybridized carbons (Fsp3) is 0.261. The first-order chi connectivity index (χ1) is 14.3. The van der Waals surface area contributed by atoms with Crippen LogP contribution in [0.3, 0.4) is 0 Å². The van der Waals surface area contributed by atoms with E-state index in [1.54, 1.807) is 24.4 Å². The number of aryl methyl sites for hydroxylation is 1. The Morgan fingerprint density at radius 1 is 1.10 bits per heavy atom. The Morgan fingerprint density at radius 2 is 1.83 bits per heavy atom. The van der Waals surface area contributed by atoms with Gasteiger partial charge in [0.25, 0.3) is 0 Å². The van der Waals surface area contributed by atoms with Crippen LogP contribution in [-0.2, 0) is 16.0 Å². The van der Waals surface area contributed by atoms with Crippen LogP contribution in [0.25, 0.3) is 11.3 Å². The van der Waals surface area contributed by atoms with E-state index in [4.69, 9.17) is 9.15 Å². The highest BCUT2D eigenvalue weighted by molar-refractivity contribution is 6.39. The number of rotatable bonds is 6. The summed E-state index contributed by atoms with van der Waals surface area (Å²) in [7, 11) is 1.51. The molecule has 0 aliphatic rings. The van der Waals surface area contributed by atoms with Gasteiger partial charge in [-0.05, 0) is 44.9 Å². The fourth-order valence-electron chi connectivity index (χ4n) is 3.13. The molecule has 0 saturated heterocycles. The number of anilines is 1. The number of benzene rings is 2. The number of amides is 2. The number of hydrogen-bond acceptors (Lipinski definition) is 5. The molecule has 0 saturated carbocycles. The largest absolute Gasteiger partial charge is 0.496 e. The van der Waals surface area contributed by atoms with E-state index in [1.165, 1.54) is 19.1 Å². The third-order valence-corrected chi connectivity index (χ3v) is 4.58. The van der Waals surface area contributed by atoms with Gasteiger partial charge in [0.2, 0.25) is 0 Å². The average Bonchev–Trinajstić information content (AvgIpc) is 3.23. The van der Waals surface area contributed by atoms with Gasteiger partial charge in [0.05, 0.1) is 18.9 Å². The Balaban J connectivity index is 1.65. The van der Waals surface area contributed by atoms with Crippen molar-refractivity contribution in [2.45, 2.75) is 32.7 Å². The lowest BCUT2D eigenvalue weighted by Gasteiger charge is -2.26. The monoisotopic (exact) mass is 407 g/mol. The van der Waals surface area contributed by atoms with Crippen LogP contribution in [0, 0.1) is 6.92 Å². The van der Waals surface area contributed by atoms with E-state index in [9.17, 15) is 9.59 Å². The summed E-state index contributed by atoms with van der Waals surface area (Å²) in [6.07, 6.45) is 3.50. The van der Waals surface area contributed by atoms with Crippen LogP contribution in [0.1, 0.15) is 25.0 Å². The molecule has 0 spiro atoms. The zero-order valence-corrected chi connectivity index (χ0v) is 17.5. The minimum atomic E-state index is -0.749. The summed E-state index contributed by atoms with van der Waals surface area (Å²) >= 11 is 0. The molecule has 3 rings (SSSR count). The molecule has 0 aliphatic carbocycles. The van der Waals surface area contributed by atoms with Gasteiger partial charge in [0, 0.05) is 17.3 Å². The van der Waals surface area contributed by atoms with E-state index >= 15 is 0 Å². The lowest BCUT2D eigenvalue weighted by molar-refractivity contribution is -0.137. The molecule has 3 aromatic rings. The SMILES string of the molecule is COc1cc(NC(=O)C(=O)NC(C)(C)Cc2ccc(C)cc2)ccc1-c1cnco1. The maximum absolute atomic E-state index is 12.4. The van der Waals surface area contributed by atoms with Gasteiger partial charge < -0.3 is 19.8 Å². The molecule has 0 aliphatic heterocycles. The smallest absolute Gasteiger partial charge is 0.313 e. The maximum atomic E-state index is 12.4. The van der Waals surface area contributed by atoms with Gasteiger partial charge in [0.1, 0.15) is 5.75 Å². The maximum Gasteiger partial charge on any atom is 0.313 e. The number of oxazole rings is 1. The van der Waals surface area contributed by atoms with Crippen LogP contribution in [-0.4, -0.2) is 29.4 Å². The Morgan fingerprint density at radius 3 is 2.47 bits per heavy atom. The average molecular weight is 407 g/mol. The molecule has 7 heteroatoms. The van der Waals surface area contributed by atoms with Gasteiger partial charge in [-0.25, -0.2) is 4.98 Å². The van der Waals surface area contributed by atoms with Crippen molar-refractivity contribution in [3.8, 4) is 17.1 Å². The van der Waals surface area contributed by atoms with Crippen molar-refractivity contribution in [2.24, 2.45) is 0 Å². The molecule has 1 heterocycles. The summed E-state index contributed by atoms with van der Waals surface area (Å²) in [5.41, 5.74) is 2.80. The number of aromatic nitrogens is 1.